The number of fused-ring (bicyclic) bond motifs is 11. The average Bonchev–Trinajstić information content (AvgIpc) is 4.01. The number of aliphatic imine (C=N–C) groups is 1. The minimum absolute atomic E-state index is 0.314. The number of hydrogen-bond donors (Lipinski definition) is 1. The molecular weight excluding hydrogens is 763 g/mol. The first-order valence-electron chi connectivity index (χ1n) is 20.7. The molecule has 4 nitrogen and oxygen atoms in total. The first-order valence-corrected chi connectivity index (χ1v) is 21.5. The van der Waals surface area contributed by atoms with E-state index in [0.717, 1.165) is 61.2 Å². The van der Waals surface area contributed by atoms with Crippen LogP contribution < -0.4 is 5.32 Å². The van der Waals surface area contributed by atoms with E-state index in [0.29, 0.717) is 0 Å². The molecule has 0 saturated heterocycles. The highest BCUT2D eigenvalue weighted by atomic mass is 32.1. The number of nitrogens with one attached hydrogen (secondary N) is 1. The molecule has 0 saturated carbocycles. The van der Waals surface area contributed by atoms with Crippen LogP contribution in [-0.2, 0) is 0 Å². The monoisotopic (exact) mass is 797 g/mol. The van der Waals surface area contributed by atoms with E-state index in [1.165, 1.54) is 58.8 Å². The topological polar surface area (TPSA) is 42.5 Å². The number of aromatic nitrogens is 1. The number of nitrogens with zero attached hydrogens (tertiary/aromatic N) is 2. The van der Waals surface area contributed by atoms with Gasteiger partial charge in [-0.15, -0.1) is 11.3 Å². The Hall–Kier alpha value is -7.73. The Morgan fingerprint density at radius 3 is 1.98 bits per heavy atom. The van der Waals surface area contributed by atoms with Gasteiger partial charge in [0.05, 0.1) is 27.3 Å². The van der Waals surface area contributed by atoms with E-state index < -0.39 is 0 Å². The third-order valence-corrected chi connectivity index (χ3v) is 13.6. The molecule has 3 aromatic heterocycles. The van der Waals surface area contributed by atoms with Crippen molar-refractivity contribution in [1.29, 1.82) is 0 Å². The van der Waals surface area contributed by atoms with Crippen LogP contribution in [0.3, 0.4) is 0 Å². The Bertz CT molecular complexity index is 3730. The third-order valence-electron chi connectivity index (χ3n) is 12.4. The fourth-order valence-corrected chi connectivity index (χ4v) is 10.9. The number of anilines is 1. The molecule has 4 heterocycles. The van der Waals surface area contributed by atoms with Gasteiger partial charge in [0.1, 0.15) is 17.3 Å². The van der Waals surface area contributed by atoms with Crippen molar-refractivity contribution in [3.05, 3.63) is 216 Å². The smallest absolute Gasteiger partial charge is 0.146 e. The molecule has 5 heteroatoms. The van der Waals surface area contributed by atoms with Gasteiger partial charge in [-0.2, -0.15) is 0 Å². The number of rotatable bonds is 5. The molecule has 9 aromatic carbocycles. The molecular formula is C56H35N3OS. The van der Waals surface area contributed by atoms with Crippen LogP contribution in [0.25, 0.3) is 92.5 Å². The number of hydrogen-bond acceptors (Lipinski definition) is 4. The van der Waals surface area contributed by atoms with Crippen molar-refractivity contribution in [2.24, 2.45) is 4.99 Å². The van der Waals surface area contributed by atoms with Crippen LogP contribution in [0.5, 0.6) is 0 Å². The molecule has 1 unspecified atom stereocenters. The molecule has 61 heavy (non-hydrogen) atoms. The van der Waals surface area contributed by atoms with Crippen LogP contribution in [0.4, 0.5) is 5.69 Å². The Morgan fingerprint density at radius 2 is 1.18 bits per heavy atom. The average molecular weight is 798 g/mol. The van der Waals surface area contributed by atoms with Crippen molar-refractivity contribution in [3.63, 3.8) is 0 Å². The molecule has 0 amide bonds. The van der Waals surface area contributed by atoms with E-state index in [-0.39, 0.29) is 6.17 Å². The third kappa shape index (κ3) is 5.27. The standard InChI is InChI=1S/C56H35N3OS/c1-4-15-34(16-5-1)37-27-30-46-45(31-37)51-40-22-11-10-21-39(40)44(35-17-6-2-7-18-35)33-47(51)59(46)38-28-29-41-49(32-38)60-48-25-14-24-43(52(41)48)56-57-53(36-19-8-3-9-20-36)55-54(58-56)42-23-12-13-26-50(42)61-55/h1-33,56,58H. The predicted molar refractivity (Wildman–Crippen MR) is 257 cm³/mol. The summed E-state index contributed by atoms with van der Waals surface area (Å²) in [6, 6.07) is 71.9. The van der Waals surface area contributed by atoms with Gasteiger partial charge in [-0.25, -0.2) is 0 Å². The Kier molecular flexibility index (Phi) is 7.50. The van der Waals surface area contributed by atoms with Gasteiger partial charge in [0, 0.05) is 54.5 Å². The van der Waals surface area contributed by atoms with E-state index >= 15 is 0 Å². The molecule has 12 aromatic rings. The lowest BCUT2D eigenvalue weighted by atomic mass is 9.94. The van der Waals surface area contributed by atoms with Crippen LogP contribution in [0, 0.1) is 0 Å². The Balaban J connectivity index is 1.03. The van der Waals surface area contributed by atoms with Gasteiger partial charge < -0.3 is 14.3 Å². The molecule has 1 aliphatic rings. The molecule has 1 atom stereocenters. The molecule has 13 rings (SSSR count). The highest BCUT2D eigenvalue weighted by Gasteiger charge is 2.29. The highest BCUT2D eigenvalue weighted by molar-refractivity contribution is 7.22. The second-order valence-electron chi connectivity index (χ2n) is 15.9. The zero-order valence-corrected chi connectivity index (χ0v) is 33.7. The molecule has 0 spiro atoms. The van der Waals surface area contributed by atoms with E-state index in [1.807, 2.05) is 0 Å². The van der Waals surface area contributed by atoms with Crippen LogP contribution >= 0.6 is 11.3 Å². The van der Waals surface area contributed by atoms with E-state index in [4.69, 9.17) is 9.41 Å². The Labute approximate surface area is 355 Å². The summed E-state index contributed by atoms with van der Waals surface area (Å²) >= 11 is 1.79. The quantitative estimate of drug-likeness (QED) is 0.188. The SMILES string of the molecule is c1ccc(C2=NC(c3cccc4oc5cc(-n6c7ccc(-c8ccccc8)cc7c7c8ccccc8c(-c8ccccc8)cc76)ccc5c34)Nc3c2sc2ccccc32)cc1. The summed E-state index contributed by atoms with van der Waals surface area (Å²) in [6.07, 6.45) is -0.314. The van der Waals surface area contributed by atoms with Crippen molar-refractivity contribution >= 4 is 87.3 Å². The number of thiophene rings is 1. The molecule has 0 aliphatic carbocycles. The molecule has 0 bridgehead atoms. The Morgan fingerprint density at radius 1 is 0.475 bits per heavy atom. The zero-order chi connectivity index (χ0) is 40.0. The van der Waals surface area contributed by atoms with Crippen molar-refractivity contribution in [2.45, 2.75) is 6.17 Å². The van der Waals surface area contributed by atoms with Gasteiger partial charge in [-0.05, 0) is 75.5 Å². The summed E-state index contributed by atoms with van der Waals surface area (Å²) in [7, 11) is 0. The lowest BCUT2D eigenvalue weighted by Gasteiger charge is -2.25. The zero-order valence-electron chi connectivity index (χ0n) is 32.8. The second-order valence-corrected chi connectivity index (χ2v) is 16.9. The lowest BCUT2D eigenvalue weighted by molar-refractivity contribution is 0.668. The van der Waals surface area contributed by atoms with Gasteiger partial charge in [-0.3, -0.25) is 4.99 Å². The van der Waals surface area contributed by atoms with E-state index in [1.54, 1.807) is 11.3 Å². The van der Waals surface area contributed by atoms with E-state index in [9.17, 15) is 0 Å². The van der Waals surface area contributed by atoms with E-state index in [2.05, 4.69) is 210 Å². The fraction of sp³-hybridized carbons (Fsp3) is 0.0179. The molecule has 0 fully saturated rings. The predicted octanol–water partition coefficient (Wildman–Crippen LogP) is 15.3. The van der Waals surface area contributed by atoms with Crippen molar-refractivity contribution in [2.75, 3.05) is 5.32 Å². The molecule has 286 valence electrons. The normalized spacial score (nSPS) is 14.0. The maximum absolute atomic E-state index is 6.84. The first kappa shape index (κ1) is 34.2. The second kappa shape index (κ2) is 13.4. The van der Waals surface area contributed by atoms with Crippen molar-refractivity contribution in [1.82, 2.24) is 4.57 Å². The van der Waals surface area contributed by atoms with Crippen LogP contribution in [0.1, 0.15) is 22.2 Å². The van der Waals surface area contributed by atoms with Gasteiger partial charge in [0.15, 0.2) is 0 Å². The number of furan rings is 1. The maximum atomic E-state index is 6.84. The van der Waals surface area contributed by atoms with Gasteiger partial charge in [0.2, 0.25) is 0 Å². The minimum Gasteiger partial charge on any atom is -0.456 e. The van der Waals surface area contributed by atoms with Crippen molar-refractivity contribution < 1.29 is 4.42 Å². The molecule has 0 radical (unpaired) electrons. The minimum atomic E-state index is -0.314. The summed E-state index contributed by atoms with van der Waals surface area (Å²) in [4.78, 5) is 6.65. The van der Waals surface area contributed by atoms with Crippen LogP contribution in [0.15, 0.2) is 210 Å². The van der Waals surface area contributed by atoms with Crippen LogP contribution in [0.2, 0.25) is 0 Å². The van der Waals surface area contributed by atoms with Gasteiger partial charge in [0.25, 0.3) is 0 Å². The van der Waals surface area contributed by atoms with Crippen molar-refractivity contribution in [3.8, 4) is 27.9 Å². The highest BCUT2D eigenvalue weighted by Crippen LogP contribution is 2.46. The molecule has 1 N–H and O–H groups in total. The van der Waals surface area contributed by atoms with Gasteiger partial charge in [-0.1, -0.05) is 152 Å². The summed E-state index contributed by atoms with van der Waals surface area (Å²) in [5.74, 6) is 0. The maximum Gasteiger partial charge on any atom is 0.146 e. The lowest BCUT2D eigenvalue weighted by Crippen LogP contribution is -2.19. The van der Waals surface area contributed by atoms with Crippen LogP contribution in [-0.4, -0.2) is 10.3 Å². The summed E-state index contributed by atoms with van der Waals surface area (Å²) < 4.78 is 10.5. The summed E-state index contributed by atoms with van der Waals surface area (Å²) in [5.41, 5.74) is 14.2. The first-order chi connectivity index (χ1) is 30.2. The fourth-order valence-electron chi connectivity index (χ4n) is 9.70. The summed E-state index contributed by atoms with van der Waals surface area (Å²) in [6.45, 7) is 0. The largest absolute Gasteiger partial charge is 0.456 e. The van der Waals surface area contributed by atoms with Gasteiger partial charge >= 0.3 is 0 Å². The number of benzene rings is 9. The summed E-state index contributed by atoms with van der Waals surface area (Å²) in [5, 5.41) is 12.2. The molecule has 1 aliphatic heterocycles.